The molecule has 0 spiro atoms. The number of phenolic OH excluding ortho intramolecular Hbond substituents is 1. The van der Waals surface area contributed by atoms with E-state index in [0.717, 1.165) is 23.8 Å². The topological polar surface area (TPSA) is 33.1 Å². The lowest BCUT2D eigenvalue weighted by atomic mass is 9.92. The molecule has 0 unspecified atom stereocenters. The molecule has 0 fully saturated rings. The summed E-state index contributed by atoms with van der Waals surface area (Å²) in [6, 6.07) is 7.91. The van der Waals surface area contributed by atoms with Gasteiger partial charge in [-0.3, -0.25) is 4.98 Å². The summed E-state index contributed by atoms with van der Waals surface area (Å²) >= 11 is 0. The van der Waals surface area contributed by atoms with Crippen molar-refractivity contribution in [3.63, 3.8) is 0 Å². The van der Waals surface area contributed by atoms with Crippen LogP contribution in [0.1, 0.15) is 31.2 Å². The van der Waals surface area contributed by atoms with Crippen molar-refractivity contribution in [2.45, 2.75) is 25.7 Å². The Hall–Kier alpha value is -1.83. The highest BCUT2D eigenvalue weighted by Gasteiger charge is 2.12. The van der Waals surface area contributed by atoms with E-state index in [0.29, 0.717) is 11.3 Å². The number of rotatable bonds is 1. The normalized spacial score (nSPS) is 15.9. The van der Waals surface area contributed by atoms with Gasteiger partial charge in [0.05, 0.1) is 0 Å². The van der Waals surface area contributed by atoms with Gasteiger partial charge in [0, 0.05) is 17.1 Å². The van der Waals surface area contributed by atoms with E-state index in [1.54, 1.807) is 6.20 Å². The fraction of sp³-hybridized carbons (Fsp3) is 0.267. The third-order valence-corrected chi connectivity index (χ3v) is 3.38. The maximum absolute atomic E-state index is 10.3. The predicted molar refractivity (Wildman–Crippen MR) is 69.9 cm³/mol. The fourth-order valence-corrected chi connectivity index (χ4v) is 2.47. The fourth-order valence-electron chi connectivity index (χ4n) is 2.47. The highest BCUT2D eigenvalue weighted by atomic mass is 16.3. The molecule has 2 heteroatoms. The molecule has 0 aliphatic heterocycles. The summed E-state index contributed by atoms with van der Waals surface area (Å²) < 4.78 is 0. The summed E-state index contributed by atoms with van der Waals surface area (Å²) in [5.41, 5.74) is 2.92. The van der Waals surface area contributed by atoms with Crippen LogP contribution in [0.2, 0.25) is 0 Å². The number of pyridine rings is 1. The SMILES string of the molecule is Oc1c(C2=CCCCC2)ccc2cccnc12. The van der Waals surface area contributed by atoms with Crippen LogP contribution in [-0.4, -0.2) is 10.1 Å². The van der Waals surface area contributed by atoms with E-state index < -0.39 is 0 Å². The number of nitrogens with zero attached hydrogens (tertiary/aromatic N) is 1. The van der Waals surface area contributed by atoms with E-state index in [1.807, 2.05) is 24.3 Å². The molecule has 1 aliphatic rings. The second-order valence-electron chi connectivity index (χ2n) is 4.51. The van der Waals surface area contributed by atoms with Crippen molar-refractivity contribution in [2.75, 3.05) is 0 Å². The molecule has 1 N–H and O–H groups in total. The van der Waals surface area contributed by atoms with Crippen molar-refractivity contribution in [3.05, 3.63) is 42.1 Å². The number of hydrogen-bond donors (Lipinski definition) is 1. The minimum atomic E-state index is 0.330. The van der Waals surface area contributed by atoms with Crippen LogP contribution in [0, 0.1) is 0 Å². The van der Waals surface area contributed by atoms with Crippen LogP contribution in [-0.2, 0) is 0 Å². The van der Waals surface area contributed by atoms with E-state index in [9.17, 15) is 5.11 Å². The zero-order chi connectivity index (χ0) is 11.7. The molecule has 0 radical (unpaired) electrons. The molecule has 0 bridgehead atoms. The van der Waals surface area contributed by atoms with Crippen LogP contribution in [0.5, 0.6) is 5.75 Å². The molecular formula is C15H15NO. The molecule has 0 amide bonds. The summed E-state index contributed by atoms with van der Waals surface area (Å²) in [5.74, 6) is 0.330. The Morgan fingerprint density at radius 3 is 2.88 bits per heavy atom. The first kappa shape index (κ1) is 10.3. The van der Waals surface area contributed by atoms with Crippen molar-refractivity contribution in [2.24, 2.45) is 0 Å². The maximum atomic E-state index is 10.3. The molecule has 1 aliphatic carbocycles. The highest BCUT2D eigenvalue weighted by molar-refractivity contribution is 5.90. The number of allylic oxidation sites excluding steroid dienone is 2. The van der Waals surface area contributed by atoms with Crippen LogP contribution in [0.3, 0.4) is 0 Å². The average molecular weight is 225 g/mol. The summed E-state index contributed by atoms with van der Waals surface area (Å²) in [5, 5.41) is 11.3. The van der Waals surface area contributed by atoms with Gasteiger partial charge >= 0.3 is 0 Å². The van der Waals surface area contributed by atoms with Crippen LogP contribution in [0.25, 0.3) is 16.5 Å². The lowest BCUT2D eigenvalue weighted by Gasteiger charge is -2.14. The van der Waals surface area contributed by atoms with Crippen molar-refractivity contribution < 1.29 is 5.11 Å². The Bertz CT molecular complexity index is 586. The molecule has 2 nitrogen and oxygen atoms in total. The standard InChI is InChI=1S/C15H15NO/c17-15-13(11-5-2-1-3-6-11)9-8-12-7-4-10-16-14(12)15/h4-5,7-10,17H,1-3,6H2. The smallest absolute Gasteiger partial charge is 0.149 e. The highest BCUT2D eigenvalue weighted by Crippen LogP contribution is 2.35. The van der Waals surface area contributed by atoms with Crippen LogP contribution in [0.15, 0.2) is 36.5 Å². The van der Waals surface area contributed by atoms with Crippen molar-refractivity contribution >= 4 is 16.5 Å². The van der Waals surface area contributed by atoms with Gasteiger partial charge in [0.1, 0.15) is 11.3 Å². The van der Waals surface area contributed by atoms with Crippen LogP contribution < -0.4 is 0 Å². The predicted octanol–water partition coefficient (Wildman–Crippen LogP) is 3.90. The number of phenols is 1. The van der Waals surface area contributed by atoms with Gasteiger partial charge in [-0.1, -0.05) is 24.3 Å². The monoisotopic (exact) mass is 225 g/mol. The quantitative estimate of drug-likeness (QED) is 0.798. The largest absolute Gasteiger partial charge is 0.505 e. The second-order valence-corrected chi connectivity index (χ2v) is 4.51. The van der Waals surface area contributed by atoms with E-state index in [4.69, 9.17) is 0 Å². The average Bonchev–Trinajstić information content (AvgIpc) is 2.40. The first-order valence-electron chi connectivity index (χ1n) is 6.12. The third kappa shape index (κ3) is 1.80. The van der Waals surface area contributed by atoms with Gasteiger partial charge in [0.15, 0.2) is 0 Å². The molecule has 3 rings (SSSR count). The van der Waals surface area contributed by atoms with Crippen LogP contribution >= 0.6 is 0 Å². The van der Waals surface area contributed by atoms with Gasteiger partial charge in [0.2, 0.25) is 0 Å². The van der Waals surface area contributed by atoms with Crippen LogP contribution in [0.4, 0.5) is 0 Å². The number of hydrogen-bond acceptors (Lipinski definition) is 2. The first-order chi connectivity index (χ1) is 8.36. The molecule has 1 aromatic carbocycles. The Morgan fingerprint density at radius 2 is 2.06 bits per heavy atom. The minimum absolute atomic E-state index is 0.330. The maximum Gasteiger partial charge on any atom is 0.149 e. The Morgan fingerprint density at radius 1 is 1.12 bits per heavy atom. The zero-order valence-corrected chi connectivity index (χ0v) is 9.69. The molecule has 1 heterocycles. The first-order valence-corrected chi connectivity index (χ1v) is 6.12. The zero-order valence-electron chi connectivity index (χ0n) is 9.69. The van der Waals surface area contributed by atoms with E-state index in [-0.39, 0.29) is 0 Å². The molecule has 2 aromatic rings. The summed E-state index contributed by atoms with van der Waals surface area (Å²) in [6.45, 7) is 0. The number of aromatic nitrogens is 1. The van der Waals surface area contributed by atoms with Crippen molar-refractivity contribution in [1.82, 2.24) is 4.98 Å². The second kappa shape index (κ2) is 4.21. The molecule has 0 atom stereocenters. The summed E-state index contributed by atoms with van der Waals surface area (Å²) in [7, 11) is 0. The third-order valence-electron chi connectivity index (χ3n) is 3.38. The van der Waals surface area contributed by atoms with Gasteiger partial charge in [-0.25, -0.2) is 0 Å². The van der Waals surface area contributed by atoms with Gasteiger partial charge < -0.3 is 5.11 Å². The lowest BCUT2D eigenvalue weighted by molar-refractivity contribution is 0.478. The van der Waals surface area contributed by atoms with E-state index in [2.05, 4.69) is 11.1 Å². The lowest BCUT2D eigenvalue weighted by Crippen LogP contribution is -1.93. The van der Waals surface area contributed by atoms with Crippen molar-refractivity contribution in [3.8, 4) is 5.75 Å². The Balaban J connectivity index is 2.17. The van der Waals surface area contributed by atoms with Gasteiger partial charge in [-0.05, 0) is 37.3 Å². The molecule has 0 saturated heterocycles. The molecule has 17 heavy (non-hydrogen) atoms. The summed E-state index contributed by atoms with van der Waals surface area (Å²) in [6.07, 6.45) is 8.62. The van der Waals surface area contributed by atoms with Gasteiger partial charge in [-0.15, -0.1) is 0 Å². The Kier molecular flexibility index (Phi) is 2.56. The number of aromatic hydroxyl groups is 1. The summed E-state index contributed by atoms with van der Waals surface area (Å²) in [4.78, 5) is 4.26. The number of benzene rings is 1. The molecule has 86 valence electrons. The minimum Gasteiger partial charge on any atom is -0.505 e. The van der Waals surface area contributed by atoms with Gasteiger partial charge in [-0.2, -0.15) is 0 Å². The molecular weight excluding hydrogens is 210 g/mol. The van der Waals surface area contributed by atoms with E-state index in [1.165, 1.54) is 18.4 Å². The Labute approximate surface area is 101 Å². The van der Waals surface area contributed by atoms with E-state index >= 15 is 0 Å². The van der Waals surface area contributed by atoms with Crippen molar-refractivity contribution in [1.29, 1.82) is 0 Å². The number of fused-ring (bicyclic) bond motifs is 1. The van der Waals surface area contributed by atoms with Gasteiger partial charge in [0.25, 0.3) is 0 Å². The molecule has 0 saturated carbocycles. The molecule has 1 aromatic heterocycles.